The quantitative estimate of drug-likeness (QED) is 0.738. The molecule has 0 bridgehead atoms. The highest BCUT2D eigenvalue weighted by molar-refractivity contribution is 8.01. The van der Waals surface area contributed by atoms with Gasteiger partial charge in [-0.15, -0.1) is 11.8 Å². The predicted molar refractivity (Wildman–Crippen MR) is 75.3 cm³/mol. The lowest BCUT2D eigenvalue weighted by atomic mass is 10.1. The molecule has 0 aliphatic carbocycles. The molecular weight excluding hydrogens is 262 g/mol. The molecule has 1 aromatic rings. The Morgan fingerprint density at radius 3 is 3.05 bits per heavy atom. The van der Waals surface area contributed by atoms with E-state index < -0.39 is 0 Å². The van der Waals surface area contributed by atoms with Crippen LogP contribution in [0.2, 0.25) is 0 Å². The summed E-state index contributed by atoms with van der Waals surface area (Å²) >= 11 is 1.64. The number of hydrogen-bond donors (Lipinski definition) is 2. The zero-order valence-electron chi connectivity index (χ0n) is 10.8. The number of nitrogens with one attached hydrogen (secondary N) is 1. The van der Waals surface area contributed by atoms with Gasteiger partial charge in [0.1, 0.15) is 0 Å². The monoisotopic (exact) mass is 281 g/mol. The Hall–Kier alpha value is -1.04. The average Bonchev–Trinajstić information content (AvgIpc) is 2.86. The van der Waals surface area contributed by atoms with Crippen molar-refractivity contribution in [3.8, 4) is 0 Å². The Kier molecular flexibility index (Phi) is 5.69. The van der Waals surface area contributed by atoms with Crippen molar-refractivity contribution < 1.29 is 14.6 Å². The molecule has 1 heterocycles. The van der Waals surface area contributed by atoms with E-state index in [-0.39, 0.29) is 17.8 Å². The van der Waals surface area contributed by atoms with Crippen LogP contribution >= 0.6 is 11.8 Å². The molecule has 1 amide bonds. The first kappa shape index (κ1) is 14.4. The molecule has 0 spiro atoms. The Bertz CT molecular complexity index is 400. The number of aliphatic hydroxyl groups excluding tert-OH is 1. The Balaban J connectivity index is 1.66. The second-order valence-electron chi connectivity index (χ2n) is 4.40. The molecule has 104 valence electrons. The average molecular weight is 281 g/mol. The molecular formula is C14H19NO3S. The number of thioether (sulfide) groups is 1. The van der Waals surface area contributed by atoms with Gasteiger partial charge in [-0.3, -0.25) is 4.79 Å². The Labute approximate surface area is 117 Å². The van der Waals surface area contributed by atoms with Gasteiger partial charge in [-0.25, -0.2) is 0 Å². The van der Waals surface area contributed by atoms with E-state index in [0.717, 1.165) is 12.8 Å². The maximum absolute atomic E-state index is 12.0. The van der Waals surface area contributed by atoms with Crippen LogP contribution in [0.5, 0.6) is 0 Å². The minimum Gasteiger partial charge on any atom is -0.394 e. The molecule has 2 N–H and O–H groups in total. The fraction of sp³-hybridized carbons (Fsp3) is 0.500. The number of benzene rings is 1. The van der Waals surface area contributed by atoms with Gasteiger partial charge in [-0.1, -0.05) is 18.2 Å². The molecule has 2 rings (SSSR count). The number of fused-ring (bicyclic) bond motifs is 1. The fourth-order valence-electron chi connectivity index (χ4n) is 1.99. The van der Waals surface area contributed by atoms with Crippen molar-refractivity contribution in [2.75, 3.05) is 26.4 Å². The summed E-state index contributed by atoms with van der Waals surface area (Å²) in [7, 11) is 0. The molecule has 19 heavy (non-hydrogen) atoms. The Morgan fingerprint density at radius 1 is 1.42 bits per heavy atom. The van der Waals surface area contributed by atoms with Gasteiger partial charge < -0.3 is 15.2 Å². The van der Waals surface area contributed by atoms with Gasteiger partial charge >= 0.3 is 0 Å². The maximum Gasteiger partial charge on any atom is 0.233 e. The molecule has 0 saturated carbocycles. The fourth-order valence-corrected chi connectivity index (χ4v) is 3.21. The number of carbonyl (C=O) groups excluding carboxylic acids is 1. The highest BCUT2D eigenvalue weighted by Gasteiger charge is 2.27. The summed E-state index contributed by atoms with van der Waals surface area (Å²) in [4.78, 5) is 13.2. The SMILES string of the molecule is O=C(NCCCOCCO)C1Cc2ccccc2S1. The molecule has 1 atom stereocenters. The van der Waals surface area contributed by atoms with Crippen LogP contribution in [0.3, 0.4) is 0 Å². The molecule has 5 heteroatoms. The normalized spacial score (nSPS) is 17.2. The van der Waals surface area contributed by atoms with Crippen LogP contribution in [0, 0.1) is 0 Å². The first-order valence-electron chi connectivity index (χ1n) is 6.52. The van der Waals surface area contributed by atoms with E-state index >= 15 is 0 Å². The van der Waals surface area contributed by atoms with Crippen LogP contribution in [0.1, 0.15) is 12.0 Å². The molecule has 1 aliphatic heterocycles. The molecule has 1 unspecified atom stereocenters. The number of ether oxygens (including phenoxy) is 1. The standard InChI is InChI=1S/C14H19NO3S/c16-7-9-18-8-3-6-15-14(17)13-10-11-4-1-2-5-12(11)19-13/h1-2,4-5,13,16H,3,6-10H2,(H,15,17). The van der Waals surface area contributed by atoms with Crippen LogP contribution < -0.4 is 5.32 Å². The summed E-state index contributed by atoms with van der Waals surface area (Å²) in [6, 6.07) is 8.16. The van der Waals surface area contributed by atoms with Crippen LogP contribution in [-0.4, -0.2) is 42.6 Å². The number of carbonyl (C=O) groups is 1. The van der Waals surface area contributed by atoms with E-state index in [4.69, 9.17) is 9.84 Å². The molecule has 1 aliphatic rings. The largest absolute Gasteiger partial charge is 0.394 e. The highest BCUT2D eigenvalue weighted by Crippen LogP contribution is 2.36. The van der Waals surface area contributed by atoms with Crippen molar-refractivity contribution >= 4 is 17.7 Å². The summed E-state index contributed by atoms with van der Waals surface area (Å²) in [6.07, 6.45) is 1.59. The summed E-state index contributed by atoms with van der Waals surface area (Å²) in [5.41, 5.74) is 1.26. The van der Waals surface area contributed by atoms with Gasteiger partial charge in [0.05, 0.1) is 18.5 Å². The van der Waals surface area contributed by atoms with E-state index in [1.165, 1.54) is 10.5 Å². The van der Waals surface area contributed by atoms with Gasteiger partial charge in [0.15, 0.2) is 0 Å². The number of aliphatic hydroxyl groups is 1. The second kappa shape index (κ2) is 7.53. The van der Waals surface area contributed by atoms with E-state index in [9.17, 15) is 4.79 Å². The Morgan fingerprint density at radius 2 is 2.26 bits per heavy atom. The van der Waals surface area contributed by atoms with Crippen molar-refractivity contribution in [2.24, 2.45) is 0 Å². The van der Waals surface area contributed by atoms with E-state index in [0.29, 0.717) is 19.8 Å². The second-order valence-corrected chi connectivity index (χ2v) is 5.64. The zero-order chi connectivity index (χ0) is 13.5. The summed E-state index contributed by atoms with van der Waals surface area (Å²) in [5, 5.41) is 11.5. The van der Waals surface area contributed by atoms with E-state index in [1.807, 2.05) is 12.1 Å². The summed E-state index contributed by atoms with van der Waals surface area (Å²) < 4.78 is 5.13. The van der Waals surface area contributed by atoms with E-state index in [1.54, 1.807) is 11.8 Å². The van der Waals surface area contributed by atoms with Gasteiger partial charge in [-0.2, -0.15) is 0 Å². The van der Waals surface area contributed by atoms with Crippen molar-refractivity contribution in [1.82, 2.24) is 5.32 Å². The molecule has 4 nitrogen and oxygen atoms in total. The maximum atomic E-state index is 12.0. The lowest BCUT2D eigenvalue weighted by Crippen LogP contribution is -2.33. The van der Waals surface area contributed by atoms with Crippen molar-refractivity contribution in [2.45, 2.75) is 23.0 Å². The molecule has 1 aromatic carbocycles. The lowest BCUT2D eigenvalue weighted by Gasteiger charge is -2.09. The van der Waals surface area contributed by atoms with Crippen LogP contribution in [0.15, 0.2) is 29.2 Å². The van der Waals surface area contributed by atoms with Crippen molar-refractivity contribution in [3.05, 3.63) is 29.8 Å². The van der Waals surface area contributed by atoms with Gasteiger partial charge in [0.2, 0.25) is 5.91 Å². The van der Waals surface area contributed by atoms with Crippen LogP contribution in [0.4, 0.5) is 0 Å². The summed E-state index contributed by atoms with van der Waals surface area (Å²) in [5.74, 6) is 0.100. The summed E-state index contributed by atoms with van der Waals surface area (Å²) in [6.45, 7) is 1.60. The molecule has 0 radical (unpaired) electrons. The smallest absolute Gasteiger partial charge is 0.233 e. The van der Waals surface area contributed by atoms with Crippen LogP contribution in [0.25, 0.3) is 0 Å². The zero-order valence-corrected chi connectivity index (χ0v) is 11.6. The van der Waals surface area contributed by atoms with E-state index in [2.05, 4.69) is 17.4 Å². The minimum absolute atomic E-state index is 0.00393. The first-order chi connectivity index (χ1) is 9.31. The van der Waals surface area contributed by atoms with Gasteiger partial charge in [0, 0.05) is 18.0 Å². The number of rotatable bonds is 7. The van der Waals surface area contributed by atoms with Gasteiger partial charge in [0.25, 0.3) is 0 Å². The number of amides is 1. The third kappa shape index (κ3) is 4.23. The molecule has 0 saturated heterocycles. The third-order valence-electron chi connectivity index (χ3n) is 2.94. The first-order valence-corrected chi connectivity index (χ1v) is 7.40. The van der Waals surface area contributed by atoms with Gasteiger partial charge in [-0.05, 0) is 24.5 Å². The van der Waals surface area contributed by atoms with Crippen molar-refractivity contribution in [1.29, 1.82) is 0 Å². The van der Waals surface area contributed by atoms with Crippen molar-refractivity contribution in [3.63, 3.8) is 0 Å². The highest BCUT2D eigenvalue weighted by atomic mass is 32.2. The minimum atomic E-state index is -0.00393. The lowest BCUT2D eigenvalue weighted by molar-refractivity contribution is -0.120. The van der Waals surface area contributed by atoms with Crippen LogP contribution in [-0.2, 0) is 16.0 Å². The predicted octanol–water partition coefficient (Wildman–Crippen LogP) is 1.22. The third-order valence-corrected chi connectivity index (χ3v) is 4.26. The number of hydrogen-bond acceptors (Lipinski definition) is 4. The molecule has 0 aromatic heterocycles. The topological polar surface area (TPSA) is 58.6 Å². The molecule has 0 fully saturated rings.